The lowest BCUT2D eigenvalue weighted by atomic mass is 10.1. The number of carbonyl (C=O) groups is 1. The molecule has 0 heterocycles. The van der Waals surface area contributed by atoms with E-state index in [1.807, 2.05) is 6.92 Å². The first-order chi connectivity index (χ1) is 13.0. The Hall–Kier alpha value is -2.54. The lowest BCUT2D eigenvalue weighted by Crippen LogP contribution is -2.33. The van der Waals surface area contributed by atoms with Crippen LogP contribution in [0.5, 0.6) is 5.75 Å². The Bertz CT molecular complexity index is 888. The molecule has 144 valence electrons. The van der Waals surface area contributed by atoms with E-state index in [0.29, 0.717) is 17.9 Å². The van der Waals surface area contributed by atoms with E-state index in [9.17, 15) is 13.2 Å². The fourth-order valence-corrected chi connectivity index (χ4v) is 4.27. The molecule has 27 heavy (non-hydrogen) atoms. The average Bonchev–Trinajstić information content (AvgIpc) is 3.15. The highest BCUT2D eigenvalue weighted by Crippen LogP contribution is 2.23. The summed E-state index contributed by atoms with van der Waals surface area (Å²) in [6.45, 7) is 2.37. The molecule has 2 aromatic rings. The third-order valence-corrected chi connectivity index (χ3v) is 5.93. The van der Waals surface area contributed by atoms with Crippen molar-refractivity contribution in [3.8, 4) is 5.75 Å². The Balaban J connectivity index is 1.79. The number of benzene rings is 2. The van der Waals surface area contributed by atoms with Crippen molar-refractivity contribution in [2.45, 2.75) is 43.5 Å². The van der Waals surface area contributed by atoms with Crippen LogP contribution >= 0.6 is 0 Å². The van der Waals surface area contributed by atoms with Crippen molar-refractivity contribution in [2.24, 2.45) is 0 Å². The first-order valence-corrected chi connectivity index (χ1v) is 10.6. The largest absolute Gasteiger partial charge is 0.494 e. The van der Waals surface area contributed by atoms with Crippen LogP contribution in [0.25, 0.3) is 0 Å². The van der Waals surface area contributed by atoms with Crippen molar-refractivity contribution >= 4 is 21.6 Å². The smallest absolute Gasteiger partial charge is 0.261 e. The van der Waals surface area contributed by atoms with Crippen molar-refractivity contribution in [1.82, 2.24) is 5.32 Å². The first kappa shape index (κ1) is 19.2. The Morgan fingerprint density at radius 2 is 1.74 bits per heavy atom. The number of anilines is 1. The summed E-state index contributed by atoms with van der Waals surface area (Å²) in [5.74, 6) is 0.347. The molecule has 1 aliphatic carbocycles. The summed E-state index contributed by atoms with van der Waals surface area (Å²) in [4.78, 5) is 12.7. The summed E-state index contributed by atoms with van der Waals surface area (Å²) in [7, 11) is -3.81. The molecule has 7 heteroatoms. The molecule has 0 atom stereocenters. The van der Waals surface area contributed by atoms with Gasteiger partial charge in [0.05, 0.1) is 22.8 Å². The van der Waals surface area contributed by atoms with Crippen LogP contribution in [0.2, 0.25) is 0 Å². The van der Waals surface area contributed by atoms with Gasteiger partial charge in [-0.05, 0) is 56.2 Å². The number of nitrogens with one attached hydrogen (secondary N) is 2. The zero-order valence-electron chi connectivity index (χ0n) is 15.3. The van der Waals surface area contributed by atoms with Gasteiger partial charge in [-0.3, -0.25) is 9.52 Å². The van der Waals surface area contributed by atoms with Gasteiger partial charge in [0.2, 0.25) is 0 Å². The Kier molecular flexibility index (Phi) is 6.01. The summed E-state index contributed by atoms with van der Waals surface area (Å²) in [5.41, 5.74) is 0.584. The minimum Gasteiger partial charge on any atom is -0.494 e. The Morgan fingerprint density at radius 3 is 2.41 bits per heavy atom. The van der Waals surface area contributed by atoms with Gasteiger partial charge >= 0.3 is 0 Å². The van der Waals surface area contributed by atoms with Gasteiger partial charge in [-0.25, -0.2) is 8.42 Å². The van der Waals surface area contributed by atoms with Gasteiger partial charge in [0, 0.05) is 6.04 Å². The second-order valence-corrected chi connectivity index (χ2v) is 8.19. The van der Waals surface area contributed by atoms with Crippen molar-refractivity contribution < 1.29 is 17.9 Å². The summed E-state index contributed by atoms with van der Waals surface area (Å²) < 4.78 is 33.3. The summed E-state index contributed by atoms with van der Waals surface area (Å²) in [6.07, 6.45) is 4.14. The molecule has 0 bridgehead atoms. The fourth-order valence-electron chi connectivity index (χ4n) is 3.19. The van der Waals surface area contributed by atoms with Gasteiger partial charge in [-0.2, -0.15) is 0 Å². The predicted molar refractivity (Wildman–Crippen MR) is 105 cm³/mol. The number of ether oxygens (including phenoxy) is 1. The molecule has 6 nitrogen and oxygen atoms in total. The SMILES string of the molecule is CCOc1ccc(S(=O)(=O)Nc2ccccc2C(=O)NC2CCCC2)cc1. The number of hydrogen-bond acceptors (Lipinski definition) is 4. The van der Waals surface area contributed by atoms with Crippen LogP contribution in [-0.2, 0) is 10.0 Å². The highest BCUT2D eigenvalue weighted by atomic mass is 32.2. The second kappa shape index (κ2) is 8.43. The van der Waals surface area contributed by atoms with E-state index in [1.165, 1.54) is 12.1 Å². The fraction of sp³-hybridized carbons (Fsp3) is 0.350. The molecule has 2 N–H and O–H groups in total. The zero-order valence-corrected chi connectivity index (χ0v) is 16.1. The van der Waals surface area contributed by atoms with Crippen molar-refractivity contribution in [2.75, 3.05) is 11.3 Å². The topological polar surface area (TPSA) is 84.5 Å². The predicted octanol–water partition coefficient (Wildman–Crippen LogP) is 3.56. The van der Waals surface area contributed by atoms with E-state index >= 15 is 0 Å². The standard InChI is InChI=1S/C20H24N2O4S/c1-2-26-16-11-13-17(14-12-16)27(24,25)22-19-10-6-5-9-18(19)20(23)21-15-7-3-4-8-15/h5-6,9-15,22H,2-4,7-8H2,1H3,(H,21,23). The first-order valence-electron chi connectivity index (χ1n) is 9.15. The normalized spacial score (nSPS) is 14.7. The molecule has 3 rings (SSSR count). The van der Waals surface area contributed by atoms with Crippen molar-refractivity contribution in [3.63, 3.8) is 0 Å². The van der Waals surface area contributed by atoms with Gasteiger partial charge in [0.25, 0.3) is 15.9 Å². The lowest BCUT2D eigenvalue weighted by Gasteiger charge is -2.15. The average molecular weight is 388 g/mol. The third-order valence-electron chi connectivity index (χ3n) is 4.55. The molecule has 1 saturated carbocycles. The molecule has 1 aliphatic rings. The molecule has 0 unspecified atom stereocenters. The number of rotatable bonds is 7. The molecule has 0 aromatic heterocycles. The highest BCUT2D eigenvalue weighted by molar-refractivity contribution is 7.92. The van der Waals surface area contributed by atoms with E-state index in [0.717, 1.165) is 25.7 Å². The molecule has 2 aromatic carbocycles. The number of sulfonamides is 1. The summed E-state index contributed by atoms with van der Waals surface area (Å²) in [5, 5.41) is 2.99. The van der Waals surface area contributed by atoms with E-state index in [-0.39, 0.29) is 22.5 Å². The second-order valence-electron chi connectivity index (χ2n) is 6.51. The van der Waals surface area contributed by atoms with Crippen LogP contribution in [0, 0.1) is 0 Å². The van der Waals surface area contributed by atoms with E-state index < -0.39 is 10.0 Å². The molecule has 1 fully saturated rings. The zero-order chi connectivity index (χ0) is 19.3. The van der Waals surface area contributed by atoms with Crippen LogP contribution in [0.1, 0.15) is 43.0 Å². The maximum Gasteiger partial charge on any atom is 0.261 e. The Morgan fingerprint density at radius 1 is 1.07 bits per heavy atom. The van der Waals surface area contributed by atoms with E-state index in [1.54, 1.807) is 36.4 Å². The molecular weight excluding hydrogens is 364 g/mol. The minimum atomic E-state index is -3.81. The van der Waals surface area contributed by atoms with Crippen LogP contribution < -0.4 is 14.8 Å². The number of para-hydroxylation sites is 1. The summed E-state index contributed by atoms with van der Waals surface area (Å²) >= 11 is 0. The monoisotopic (exact) mass is 388 g/mol. The van der Waals surface area contributed by atoms with Crippen LogP contribution in [0.3, 0.4) is 0 Å². The molecule has 1 amide bonds. The quantitative estimate of drug-likeness (QED) is 0.760. The van der Waals surface area contributed by atoms with Gasteiger partial charge in [0.1, 0.15) is 5.75 Å². The van der Waals surface area contributed by atoms with E-state index in [4.69, 9.17) is 4.74 Å². The van der Waals surface area contributed by atoms with Crippen molar-refractivity contribution in [3.05, 3.63) is 54.1 Å². The van der Waals surface area contributed by atoms with Crippen molar-refractivity contribution in [1.29, 1.82) is 0 Å². The van der Waals surface area contributed by atoms with Gasteiger partial charge < -0.3 is 10.1 Å². The number of carbonyl (C=O) groups excluding carboxylic acids is 1. The van der Waals surface area contributed by atoms with E-state index in [2.05, 4.69) is 10.0 Å². The Labute approximate surface area is 160 Å². The number of amides is 1. The van der Waals surface area contributed by atoms with Gasteiger partial charge in [-0.15, -0.1) is 0 Å². The number of hydrogen-bond donors (Lipinski definition) is 2. The summed E-state index contributed by atoms with van der Waals surface area (Å²) in [6, 6.07) is 13.0. The van der Waals surface area contributed by atoms with Crippen LogP contribution in [-0.4, -0.2) is 27.0 Å². The van der Waals surface area contributed by atoms with Crippen LogP contribution in [0.15, 0.2) is 53.4 Å². The van der Waals surface area contributed by atoms with Crippen LogP contribution in [0.4, 0.5) is 5.69 Å². The maximum atomic E-state index is 12.7. The van der Waals surface area contributed by atoms with Gasteiger partial charge in [0.15, 0.2) is 0 Å². The molecule has 0 radical (unpaired) electrons. The minimum absolute atomic E-state index is 0.108. The molecule has 0 spiro atoms. The molecule has 0 aliphatic heterocycles. The molecule has 0 saturated heterocycles. The maximum absolute atomic E-state index is 12.7. The molecular formula is C20H24N2O4S. The third kappa shape index (κ3) is 4.80. The van der Waals surface area contributed by atoms with Gasteiger partial charge in [-0.1, -0.05) is 25.0 Å². The lowest BCUT2D eigenvalue weighted by molar-refractivity contribution is 0.0939. The highest BCUT2D eigenvalue weighted by Gasteiger charge is 2.22.